The van der Waals surface area contributed by atoms with Crippen LogP contribution in [-0.2, 0) is 0 Å². The van der Waals surface area contributed by atoms with E-state index in [-0.39, 0.29) is 6.10 Å². The fourth-order valence-corrected chi connectivity index (χ4v) is 1.78. The van der Waals surface area contributed by atoms with Crippen LogP contribution in [0.5, 0.6) is 5.75 Å². The van der Waals surface area contributed by atoms with E-state index in [0.717, 1.165) is 18.6 Å². The zero-order valence-electron chi connectivity index (χ0n) is 10.8. The third-order valence-corrected chi connectivity index (χ3v) is 2.83. The molecule has 1 unspecified atom stereocenters. The van der Waals surface area contributed by atoms with Crippen molar-refractivity contribution in [1.82, 2.24) is 0 Å². The van der Waals surface area contributed by atoms with Crippen LogP contribution in [0.3, 0.4) is 0 Å². The zero-order chi connectivity index (χ0) is 12.3. The van der Waals surface area contributed by atoms with Crippen LogP contribution in [0.15, 0.2) is 30.3 Å². The van der Waals surface area contributed by atoms with E-state index < -0.39 is 0 Å². The van der Waals surface area contributed by atoms with Crippen LogP contribution in [0, 0.1) is 0 Å². The Morgan fingerprint density at radius 2 is 1.76 bits per heavy atom. The predicted molar refractivity (Wildman–Crippen MR) is 71.3 cm³/mol. The number of aliphatic hydroxyl groups is 1. The maximum atomic E-state index is 9.74. The number of unbranched alkanes of at least 4 members (excludes halogenated alkanes) is 4. The monoisotopic (exact) mass is 236 g/mol. The summed E-state index contributed by atoms with van der Waals surface area (Å²) in [4.78, 5) is 0. The molecule has 0 aliphatic rings. The maximum absolute atomic E-state index is 9.74. The van der Waals surface area contributed by atoms with Gasteiger partial charge in [0.25, 0.3) is 0 Å². The molecule has 0 spiro atoms. The lowest BCUT2D eigenvalue weighted by Gasteiger charge is -2.12. The molecular weight excluding hydrogens is 212 g/mol. The Hall–Kier alpha value is -1.02. The van der Waals surface area contributed by atoms with Crippen molar-refractivity contribution in [2.45, 2.75) is 51.6 Å². The topological polar surface area (TPSA) is 29.5 Å². The van der Waals surface area contributed by atoms with Gasteiger partial charge in [0.1, 0.15) is 12.4 Å². The van der Waals surface area contributed by atoms with E-state index in [1.165, 1.54) is 25.7 Å². The van der Waals surface area contributed by atoms with Crippen LogP contribution < -0.4 is 4.74 Å². The molecule has 1 aromatic carbocycles. The van der Waals surface area contributed by atoms with Crippen LogP contribution in [0.2, 0.25) is 0 Å². The number of hydrogen-bond acceptors (Lipinski definition) is 2. The third kappa shape index (κ3) is 7.01. The van der Waals surface area contributed by atoms with Gasteiger partial charge < -0.3 is 9.84 Å². The molecular formula is C15H24O2. The predicted octanol–water partition coefficient (Wildman–Crippen LogP) is 3.79. The van der Waals surface area contributed by atoms with Crippen LogP contribution >= 0.6 is 0 Å². The molecule has 0 radical (unpaired) electrons. The van der Waals surface area contributed by atoms with Gasteiger partial charge in [-0.05, 0) is 18.6 Å². The number of rotatable bonds is 9. The van der Waals surface area contributed by atoms with Gasteiger partial charge >= 0.3 is 0 Å². The molecule has 0 aliphatic heterocycles. The molecule has 0 heterocycles. The highest BCUT2D eigenvalue weighted by Crippen LogP contribution is 2.11. The van der Waals surface area contributed by atoms with Gasteiger partial charge in [-0.25, -0.2) is 0 Å². The van der Waals surface area contributed by atoms with Crippen molar-refractivity contribution in [3.8, 4) is 5.75 Å². The highest BCUT2D eigenvalue weighted by molar-refractivity contribution is 5.20. The van der Waals surface area contributed by atoms with E-state index in [2.05, 4.69) is 6.92 Å². The van der Waals surface area contributed by atoms with Gasteiger partial charge in [-0.3, -0.25) is 0 Å². The number of para-hydroxylation sites is 1. The van der Waals surface area contributed by atoms with E-state index in [1.54, 1.807) is 0 Å². The van der Waals surface area contributed by atoms with E-state index in [9.17, 15) is 5.11 Å². The Morgan fingerprint density at radius 3 is 2.47 bits per heavy atom. The van der Waals surface area contributed by atoms with Gasteiger partial charge in [0.05, 0.1) is 6.10 Å². The molecule has 96 valence electrons. The summed E-state index contributed by atoms with van der Waals surface area (Å²) in [6.07, 6.45) is 6.67. The number of hydrogen-bond donors (Lipinski definition) is 1. The normalized spacial score (nSPS) is 12.4. The molecule has 1 N–H and O–H groups in total. The minimum Gasteiger partial charge on any atom is -0.491 e. The average Bonchev–Trinajstić information content (AvgIpc) is 2.37. The molecule has 0 amide bonds. The first-order valence-electron chi connectivity index (χ1n) is 6.69. The summed E-state index contributed by atoms with van der Waals surface area (Å²) in [5.41, 5.74) is 0. The summed E-state index contributed by atoms with van der Waals surface area (Å²) < 4.78 is 5.50. The number of aliphatic hydroxyl groups excluding tert-OH is 1. The summed E-state index contributed by atoms with van der Waals surface area (Å²) in [5, 5.41) is 9.74. The van der Waals surface area contributed by atoms with Crippen molar-refractivity contribution in [1.29, 1.82) is 0 Å². The Morgan fingerprint density at radius 1 is 1.06 bits per heavy atom. The fourth-order valence-electron chi connectivity index (χ4n) is 1.78. The number of ether oxygens (including phenoxy) is 1. The van der Waals surface area contributed by atoms with Crippen LogP contribution in [-0.4, -0.2) is 17.8 Å². The molecule has 2 nitrogen and oxygen atoms in total. The summed E-state index contributed by atoms with van der Waals surface area (Å²) in [5.74, 6) is 0.831. The highest BCUT2D eigenvalue weighted by Gasteiger charge is 2.04. The minimum absolute atomic E-state index is 0.336. The summed E-state index contributed by atoms with van der Waals surface area (Å²) in [6, 6.07) is 9.65. The second-order valence-corrected chi connectivity index (χ2v) is 4.48. The van der Waals surface area contributed by atoms with Gasteiger partial charge in [0.2, 0.25) is 0 Å². The second-order valence-electron chi connectivity index (χ2n) is 4.48. The quantitative estimate of drug-likeness (QED) is 0.661. The molecule has 1 aromatic rings. The summed E-state index contributed by atoms with van der Waals surface area (Å²) in [6.45, 7) is 2.61. The van der Waals surface area contributed by atoms with E-state index in [1.807, 2.05) is 30.3 Å². The van der Waals surface area contributed by atoms with Crippen molar-refractivity contribution in [2.75, 3.05) is 6.61 Å². The molecule has 0 saturated carbocycles. The molecule has 0 saturated heterocycles. The van der Waals surface area contributed by atoms with Crippen molar-refractivity contribution >= 4 is 0 Å². The molecule has 17 heavy (non-hydrogen) atoms. The Bertz CT molecular complexity index is 272. The maximum Gasteiger partial charge on any atom is 0.119 e. The SMILES string of the molecule is CCCCCCCC(O)COc1ccccc1. The van der Waals surface area contributed by atoms with Gasteiger partial charge in [-0.1, -0.05) is 57.2 Å². The smallest absolute Gasteiger partial charge is 0.119 e. The van der Waals surface area contributed by atoms with Crippen molar-refractivity contribution in [3.63, 3.8) is 0 Å². The Kier molecular flexibility index (Phi) is 7.48. The summed E-state index contributed by atoms with van der Waals surface area (Å²) in [7, 11) is 0. The lowest BCUT2D eigenvalue weighted by Crippen LogP contribution is -2.17. The highest BCUT2D eigenvalue weighted by atomic mass is 16.5. The van der Waals surface area contributed by atoms with E-state index >= 15 is 0 Å². The first-order valence-corrected chi connectivity index (χ1v) is 6.69. The molecule has 0 bridgehead atoms. The van der Waals surface area contributed by atoms with E-state index in [4.69, 9.17) is 4.74 Å². The average molecular weight is 236 g/mol. The lowest BCUT2D eigenvalue weighted by atomic mass is 10.1. The Balaban J connectivity index is 2.03. The molecule has 0 aromatic heterocycles. The largest absolute Gasteiger partial charge is 0.491 e. The van der Waals surface area contributed by atoms with Gasteiger partial charge in [0.15, 0.2) is 0 Å². The first kappa shape index (κ1) is 14.0. The fraction of sp³-hybridized carbons (Fsp3) is 0.600. The van der Waals surface area contributed by atoms with Gasteiger partial charge in [-0.15, -0.1) is 0 Å². The standard InChI is InChI=1S/C15H24O2/c1-2-3-4-5-7-10-14(16)13-17-15-11-8-6-9-12-15/h6,8-9,11-12,14,16H,2-5,7,10,13H2,1H3. The van der Waals surface area contributed by atoms with Crippen LogP contribution in [0.1, 0.15) is 45.4 Å². The molecule has 1 atom stereocenters. The molecule has 0 fully saturated rings. The van der Waals surface area contributed by atoms with Crippen molar-refractivity contribution in [3.05, 3.63) is 30.3 Å². The lowest BCUT2D eigenvalue weighted by molar-refractivity contribution is 0.0975. The second kappa shape index (κ2) is 9.06. The van der Waals surface area contributed by atoms with Gasteiger partial charge in [0, 0.05) is 0 Å². The zero-order valence-corrected chi connectivity index (χ0v) is 10.8. The van der Waals surface area contributed by atoms with Crippen LogP contribution in [0.25, 0.3) is 0 Å². The number of benzene rings is 1. The molecule has 2 heteroatoms. The first-order chi connectivity index (χ1) is 8.33. The van der Waals surface area contributed by atoms with E-state index in [0.29, 0.717) is 6.61 Å². The van der Waals surface area contributed by atoms with Gasteiger partial charge in [-0.2, -0.15) is 0 Å². The molecule has 1 rings (SSSR count). The Labute approximate surface area is 105 Å². The molecule has 0 aliphatic carbocycles. The summed E-state index contributed by atoms with van der Waals surface area (Å²) >= 11 is 0. The van der Waals surface area contributed by atoms with Crippen LogP contribution in [0.4, 0.5) is 0 Å². The van der Waals surface area contributed by atoms with Crippen molar-refractivity contribution in [2.24, 2.45) is 0 Å². The third-order valence-electron chi connectivity index (χ3n) is 2.83. The minimum atomic E-state index is -0.336. The van der Waals surface area contributed by atoms with Crippen molar-refractivity contribution < 1.29 is 9.84 Å².